The quantitative estimate of drug-likeness (QED) is 0.229. The van der Waals surface area contributed by atoms with E-state index in [2.05, 4.69) is 26.3 Å². The monoisotopic (exact) mass is 602 g/mol. The predicted molar refractivity (Wildman–Crippen MR) is 169 cm³/mol. The summed E-state index contributed by atoms with van der Waals surface area (Å²) >= 11 is 6.29. The number of ether oxygens (including phenoxy) is 2. The van der Waals surface area contributed by atoms with Gasteiger partial charge in [0, 0.05) is 41.0 Å². The molecule has 2 heterocycles. The number of halogens is 1. The van der Waals surface area contributed by atoms with Gasteiger partial charge in [0.2, 0.25) is 0 Å². The van der Waals surface area contributed by atoms with Crippen LogP contribution in [0.2, 0.25) is 5.02 Å². The van der Waals surface area contributed by atoms with Gasteiger partial charge >= 0.3 is 6.03 Å². The molecule has 0 radical (unpaired) electrons. The van der Waals surface area contributed by atoms with E-state index < -0.39 is 18.0 Å². The fourth-order valence-electron chi connectivity index (χ4n) is 4.60. The van der Waals surface area contributed by atoms with Crippen LogP contribution in [-0.4, -0.2) is 56.3 Å². The Balaban J connectivity index is 1.34. The SMILES string of the molecule is CCOC1OC1c1ccc(NC(=O)NC(C(=O)Nc2ccc(C)c(Cl)c2)c2cccc(C3=CNC(N(C)C)N=C3)c2)cc1. The molecule has 43 heavy (non-hydrogen) atoms. The molecule has 2 aliphatic rings. The van der Waals surface area contributed by atoms with Crippen molar-refractivity contribution in [2.45, 2.75) is 38.6 Å². The molecular weight excluding hydrogens is 568 g/mol. The van der Waals surface area contributed by atoms with E-state index in [-0.39, 0.29) is 18.7 Å². The van der Waals surface area contributed by atoms with E-state index in [1.807, 2.05) is 75.4 Å². The molecule has 4 atom stereocenters. The third-order valence-electron chi connectivity index (χ3n) is 7.04. The van der Waals surface area contributed by atoms with Crippen molar-refractivity contribution in [3.63, 3.8) is 0 Å². The fourth-order valence-corrected chi connectivity index (χ4v) is 4.78. The molecule has 10 nitrogen and oxygen atoms in total. The van der Waals surface area contributed by atoms with Crippen molar-refractivity contribution in [2.24, 2.45) is 4.99 Å². The Hall–Kier alpha value is -4.22. The molecule has 1 saturated heterocycles. The largest absolute Gasteiger partial charge is 0.357 e. The zero-order valence-electron chi connectivity index (χ0n) is 24.4. The van der Waals surface area contributed by atoms with Crippen molar-refractivity contribution in [1.82, 2.24) is 15.5 Å². The van der Waals surface area contributed by atoms with Crippen LogP contribution in [-0.2, 0) is 14.3 Å². The second-order valence-corrected chi connectivity index (χ2v) is 10.9. The first-order valence-corrected chi connectivity index (χ1v) is 14.4. The van der Waals surface area contributed by atoms with Crippen LogP contribution in [0.15, 0.2) is 77.9 Å². The number of hydrogen-bond donors (Lipinski definition) is 4. The average molecular weight is 603 g/mol. The summed E-state index contributed by atoms with van der Waals surface area (Å²) in [6.45, 7) is 4.38. The molecule has 2 aliphatic heterocycles. The molecule has 0 aliphatic carbocycles. The van der Waals surface area contributed by atoms with Crippen LogP contribution in [0.1, 0.15) is 41.3 Å². The molecule has 11 heteroatoms. The van der Waals surface area contributed by atoms with Crippen molar-refractivity contribution >= 4 is 46.7 Å². The maximum atomic E-state index is 13.6. The molecule has 0 bridgehead atoms. The third kappa shape index (κ3) is 7.60. The zero-order chi connectivity index (χ0) is 30.5. The zero-order valence-corrected chi connectivity index (χ0v) is 25.2. The van der Waals surface area contributed by atoms with Gasteiger partial charge in [0.05, 0.1) is 0 Å². The topological polar surface area (TPSA) is 120 Å². The summed E-state index contributed by atoms with van der Waals surface area (Å²) in [6, 6.07) is 18.5. The van der Waals surface area contributed by atoms with E-state index in [0.717, 1.165) is 22.3 Å². The summed E-state index contributed by atoms with van der Waals surface area (Å²) in [5.41, 5.74) is 5.22. The molecule has 3 aromatic rings. The van der Waals surface area contributed by atoms with Crippen LogP contribution in [0.4, 0.5) is 16.2 Å². The predicted octanol–water partition coefficient (Wildman–Crippen LogP) is 5.44. The molecule has 1 fully saturated rings. The first-order chi connectivity index (χ1) is 20.7. The lowest BCUT2D eigenvalue weighted by atomic mass is 9.99. The number of allylic oxidation sites excluding steroid dienone is 1. The number of hydrogen-bond acceptors (Lipinski definition) is 7. The minimum Gasteiger partial charge on any atom is -0.357 e. The van der Waals surface area contributed by atoms with Crippen LogP contribution in [0, 0.1) is 6.92 Å². The lowest BCUT2D eigenvalue weighted by molar-refractivity contribution is -0.118. The van der Waals surface area contributed by atoms with Gasteiger partial charge in [-0.05, 0) is 80.5 Å². The molecule has 3 aromatic carbocycles. The van der Waals surface area contributed by atoms with E-state index in [1.165, 1.54) is 0 Å². The molecule has 4 unspecified atom stereocenters. The van der Waals surface area contributed by atoms with Crippen molar-refractivity contribution in [1.29, 1.82) is 0 Å². The average Bonchev–Trinajstić information content (AvgIpc) is 3.77. The van der Waals surface area contributed by atoms with Crippen LogP contribution in [0.5, 0.6) is 0 Å². The van der Waals surface area contributed by atoms with E-state index in [4.69, 9.17) is 21.1 Å². The maximum absolute atomic E-state index is 13.6. The Morgan fingerprint density at radius 3 is 2.51 bits per heavy atom. The van der Waals surface area contributed by atoms with E-state index in [0.29, 0.717) is 28.6 Å². The van der Waals surface area contributed by atoms with Gasteiger partial charge in [-0.1, -0.05) is 48.0 Å². The second kappa shape index (κ2) is 13.4. The molecule has 5 rings (SSSR count). The molecule has 0 aromatic heterocycles. The van der Waals surface area contributed by atoms with Crippen LogP contribution >= 0.6 is 11.6 Å². The molecule has 0 spiro atoms. The number of benzene rings is 3. The summed E-state index contributed by atoms with van der Waals surface area (Å²) in [4.78, 5) is 33.3. The number of aryl methyl sites for hydroxylation is 1. The number of epoxide rings is 1. The molecule has 4 N–H and O–H groups in total. The van der Waals surface area contributed by atoms with E-state index >= 15 is 0 Å². The van der Waals surface area contributed by atoms with E-state index in [1.54, 1.807) is 36.5 Å². The van der Waals surface area contributed by atoms with Crippen molar-refractivity contribution in [3.05, 3.63) is 100 Å². The number of carbonyl (C=O) groups excluding carboxylic acids is 2. The number of amides is 3. The Labute approximate surface area is 256 Å². The number of anilines is 2. The number of urea groups is 1. The van der Waals surface area contributed by atoms with Crippen molar-refractivity contribution in [2.75, 3.05) is 31.3 Å². The summed E-state index contributed by atoms with van der Waals surface area (Å²) in [7, 11) is 3.87. The minimum absolute atomic E-state index is 0.105. The smallest absolute Gasteiger partial charge is 0.320 e. The van der Waals surface area contributed by atoms with Crippen molar-refractivity contribution in [3.8, 4) is 0 Å². The number of rotatable bonds is 10. The number of nitrogens with zero attached hydrogens (tertiary/aromatic N) is 2. The highest BCUT2D eigenvalue weighted by Gasteiger charge is 2.41. The first kappa shape index (κ1) is 30.2. The Bertz CT molecular complexity index is 1540. The Morgan fingerprint density at radius 2 is 1.84 bits per heavy atom. The molecular formula is C32H35ClN6O4. The van der Waals surface area contributed by atoms with Gasteiger partial charge in [0.15, 0.2) is 12.6 Å². The summed E-state index contributed by atoms with van der Waals surface area (Å²) in [6.07, 6.45) is 3.18. The third-order valence-corrected chi connectivity index (χ3v) is 7.45. The highest BCUT2D eigenvalue weighted by molar-refractivity contribution is 6.31. The van der Waals surface area contributed by atoms with Crippen molar-refractivity contribution < 1.29 is 19.1 Å². The van der Waals surface area contributed by atoms with Gasteiger partial charge in [0.25, 0.3) is 5.91 Å². The minimum atomic E-state index is -1.02. The molecule has 3 amide bonds. The van der Waals surface area contributed by atoms with Gasteiger partial charge in [-0.3, -0.25) is 14.7 Å². The number of nitrogens with one attached hydrogen (secondary N) is 4. The maximum Gasteiger partial charge on any atom is 0.320 e. The lowest BCUT2D eigenvalue weighted by Crippen LogP contribution is -2.39. The van der Waals surface area contributed by atoms with Gasteiger partial charge in [-0.2, -0.15) is 0 Å². The number of carbonyl (C=O) groups is 2. The second-order valence-electron chi connectivity index (χ2n) is 10.5. The Kier molecular flexibility index (Phi) is 9.42. The fraction of sp³-hybridized carbons (Fsp3) is 0.281. The van der Waals surface area contributed by atoms with Gasteiger partial charge in [0.1, 0.15) is 12.1 Å². The Morgan fingerprint density at radius 1 is 1.07 bits per heavy atom. The van der Waals surface area contributed by atoms with E-state index in [9.17, 15) is 9.59 Å². The molecule has 224 valence electrons. The highest BCUT2D eigenvalue weighted by Crippen LogP contribution is 2.39. The van der Waals surface area contributed by atoms with Crippen LogP contribution < -0.4 is 21.3 Å². The molecule has 0 saturated carbocycles. The summed E-state index contributed by atoms with van der Waals surface area (Å²) in [5.74, 6) is -0.424. The summed E-state index contributed by atoms with van der Waals surface area (Å²) < 4.78 is 11.0. The first-order valence-electron chi connectivity index (χ1n) is 14.0. The number of aliphatic imine (C=N–C) groups is 1. The summed E-state index contributed by atoms with van der Waals surface area (Å²) in [5, 5.41) is 12.3. The normalized spacial score (nSPS) is 19.7. The van der Waals surface area contributed by atoms with Gasteiger partial charge in [-0.15, -0.1) is 0 Å². The van der Waals surface area contributed by atoms with Crippen LogP contribution in [0.25, 0.3) is 5.57 Å². The standard InChI is InChI=1S/C32H35ClN6O4/c1-5-42-30-28(43-30)20-10-13-24(14-11-20)37-32(41)38-27(29(40)36-25-12-9-19(2)26(33)16-25)22-8-6-7-21(15-22)23-17-34-31(35-18-23)39(3)4/h6-18,27-28,30-31,34H,5H2,1-4H3,(H,36,40)(H2,37,38,41). The van der Waals surface area contributed by atoms with Gasteiger partial charge in [-0.25, -0.2) is 4.79 Å². The van der Waals surface area contributed by atoms with Gasteiger partial charge < -0.3 is 30.7 Å². The van der Waals surface area contributed by atoms with Crippen LogP contribution in [0.3, 0.4) is 0 Å². The lowest BCUT2D eigenvalue weighted by Gasteiger charge is -2.24. The highest BCUT2D eigenvalue weighted by atomic mass is 35.5.